The molecular weight excluding hydrogens is 265 g/mol. The minimum atomic E-state index is -3.55. The van der Waals surface area contributed by atoms with E-state index in [0.29, 0.717) is 11.5 Å². The van der Waals surface area contributed by atoms with E-state index in [1.165, 1.54) is 18.2 Å². The number of halogens is 1. The monoisotopic (exact) mass is 285 g/mol. The van der Waals surface area contributed by atoms with Crippen molar-refractivity contribution in [1.82, 2.24) is 4.72 Å². The van der Waals surface area contributed by atoms with E-state index in [4.69, 9.17) is 0 Å². The van der Waals surface area contributed by atoms with Gasteiger partial charge in [-0.25, -0.2) is 17.5 Å². The molecule has 1 aromatic carbocycles. The number of hydrogen-bond acceptors (Lipinski definition) is 2. The van der Waals surface area contributed by atoms with Gasteiger partial charge in [0.15, 0.2) is 0 Å². The molecule has 1 N–H and O–H groups in total. The van der Waals surface area contributed by atoms with Crippen molar-refractivity contribution >= 4 is 10.0 Å². The Kier molecular flexibility index (Phi) is 4.26. The van der Waals surface area contributed by atoms with Gasteiger partial charge in [0, 0.05) is 6.04 Å². The summed E-state index contributed by atoms with van der Waals surface area (Å²) in [6.07, 6.45) is 4.14. The molecule has 5 heteroatoms. The third-order valence-electron chi connectivity index (χ3n) is 3.86. The predicted octanol–water partition coefficient (Wildman–Crippen LogP) is 2.99. The van der Waals surface area contributed by atoms with Crippen LogP contribution in [0.2, 0.25) is 0 Å². The van der Waals surface area contributed by atoms with Crippen LogP contribution in [0.15, 0.2) is 23.1 Å². The van der Waals surface area contributed by atoms with E-state index in [0.717, 1.165) is 25.7 Å². The number of nitrogens with one attached hydrogen (secondary N) is 1. The van der Waals surface area contributed by atoms with Crippen LogP contribution in [0, 0.1) is 18.7 Å². The lowest BCUT2D eigenvalue weighted by atomic mass is 9.87. The van der Waals surface area contributed by atoms with Crippen LogP contribution in [0.1, 0.15) is 38.2 Å². The maximum atomic E-state index is 13.2. The van der Waals surface area contributed by atoms with Crippen LogP contribution in [0.5, 0.6) is 0 Å². The van der Waals surface area contributed by atoms with E-state index in [2.05, 4.69) is 11.6 Å². The second kappa shape index (κ2) is 5.59. The number of aryl methyl sites for hydroxylation is 1. The van der Waals surface area contributed by atoms with Crippen molar-refractivity contribution in [2.24, 2.45) is 5.92 Å². The summed E-state index contributed by atoms with van der Waals surface area (Å²) in [5.74, 6) is -0.0324. The molecule has 0 aliphatic heterocycles. The van der Waals surface area contributed by atoms with Gasteiger partial charge >= 0.3 is 0 Å². The fraction of sp³-hybridized carbons (Fsp3) is 0.571. The molecule has 1 saturated carbocycles. The number of rotatable bonds is 3. The third-order valence-corrected chi connectivity index (χ3v) is 5.35. The summed E-state index contributed by atoms with van der Waals surface area (Å²) in [6, 6.07) is 3.89. The Morgan fingerprint density at radius 1 is 1.26 bits per heavy atom. The Labute approximate surface area is 114 Å². The summed E-state index contributed by atoms with van der Waals surface area (Å²) in [4.78, 5) is 0.143. The zero-order chi connectivity index (χ0) is 14.0. The molecule has 0 heterocycles. The molecule has 2 rings (SSSR count). The molecule has 0 spiro atoms. The third kappa shape index (κ3) is 3.34. The van der Waals surface area contributed by atoms with E-state index in [1.54, 1.807) is 6.92 Å². The van der Waals surface area contributed by atoms with Crippen LogP contribution in [0.3, 0.4) is 0 Å². The van der Waals surface area contributed by atoms with Gasteiger partial charge in [-0.3, -0.25) is 0 Å². The average Bonchev–Trinajstić information content (AvgIpc) is 2.35. The second-order valence-electron chi connectivity index (χ2n) is 5.40. The molecular formula is C14H20FNO2S. The lowest BCUT2D eigenvalue weighted by Crippen LogP contribution is -2.40. The molecule has 1 aliphatic carbocycles. The summed E-state index contributed by atoms with van der Waals surface area (Å²) in [6.45, 7) is 3.64. The first-order valence-corrected chi connectivity index (χ1v) is 8.17. The van der Waals surface area contributed by atoms with Gasteiger partial charge in [-0.05, 0) is 49.4 Å². The van der Waals surface area contributed by atoms with E-state index in [1.807, 2.05) is 0 Å². The van der Waals surface area contributed by atoms with Crippen molar-refractivity contribution < 1.29 is 12.8 Å². The molecule has 0 saturated heterocycles. The minimum absolute atomic E-state index is 0.0101. The van der Waals surface area contributed by atoms with E-state index in [9.17, 15) is 12.8 Å². The van der Waals surface area contributed by atoms with E-state index in [-0.39, 0.29) is 16.8 Å². The molecule has 106 valence electrons. The Morgan fingerprint density at radius 3 is 2.58 bits per heavy atom. The highest BCUT2D eigenvalue weighted by Gasteiger charge is 2.26. The van der Waals surface area contributed by atoms with Crippen molar-refractivity contribution in [3.05, 3.63) is 29.6 Å². The van der Waals surface area contributed by atoms with Crippen LogP contribution in [-0.2, 0) is 10.0 Å². The topological polar surface area (TPSA) is 46.2 Å². The van der Waals surface area contributed by atoms with Crippen molar-refractivity contribution in [3.63, 3.8) is 0 Å². The maximum absolute atomic E-state index is 13.2. The zero-order valence-corrected chi connectivity index (χ0v) is 12.1. The largest absolute Gasteiger partial charge is 0.240 e. The highest BCUT2D eigenvalue weighted by atomic mass is 32.2. The van der Waals surface area contributed by atoms with Crippen molar-refractivity contribution in [2.45, 2.75) is 50.5 Å². The Bertz CT molecular complexity index is 557. The van der Waals surface area contributed by atoms with Gasteiger partial charge in [-0.2, -0.15) is 0 Å². The first kappa shape index (κ1) is 14.5. The molecule has 0 radical (unpaired) electrons. The molecule has 3 nitrogen and oxygen atoms in total. The molecule has 0 aromatic heterocycles. The SMILES string of the molecule is Cc1cc(S(=O)(=O)N[C@H]2CCCC[C@H]2C)ccc1F. The van der Waals surface area contributed by atoms with Crippen LogP contribution in [0.4, 0.5) is 4.39 Å². The first-order valence-electron chi connectivity index (χ1n) is 6.68. The van der Waals surface area contributed by atoms with Gasteiger partial charge < -0.3 is 0 Å². The van der Waals surface area contributed by atoms with E-state index >= 15 is 0 Å². The lowest BCUT2D eigenvalue weighted by Gasteiger charge is -2.29. The molecule has 1 aliphatic rings. The Hall–Kier alpha value is -0.940. The summed E-state index contributed by atoms with van der Waals surface area (Å²) >= 11 is 0. The quantitative estimate of drug-likeness (QED) is 0.928. The maximum Gasteiger partial charge on any atom is 0.240 e. The summed E-state index contributed by atoms with van der Waals surface area (Å²) in [7, 11) is -3.55. The normalized spacial score (nSPS) is 24.4. The van der Waals surface area contributed by atoms with Crippen LogP contribution >= 0.6 is 0 Å². The molecule has 1 fully saturated rings. The summed E-state index contributed by atoms with van der Waals surface area (Å²) in [5.41, 5.74) is 0.347. The predicted molar refractivity (Wildman–Crippen MR) is 72.9 cm³/mol. The highest BCUT2D eigenvalue weighted by Crippen LogP contribution is 2.25. The van der Waals surface area contributed by atoms with Gasteiger partial charge in [0.2, 0.25) is 10.0 Å². The molecule has 1 aromatic rings. The van der Waals surface area contributed by atoms with Crippen LogP contribution in [0.25, 0.3) is 0 Å². The number of hydrogen-bond donors (Lipinski definition) is 1. The van der Waals surface area contributed by atoms with Gasteiger partial charge in [0.25, 0.3) is 0 Å². The standard InChI is InChI=1S/C14H20FNO2S/c1-10-5-3-4-6-14(10)16-19(17,18)12-7-8-13(15)11(2)9-12/h7-10,14,16H,3-6H2,1-2H3/t10-,14+/m1/s1. The highest BCUT2D eigenvalue weighted by molar-refractivity contribution is 7.89. The Morgan fingerprint density at radius 2 is 1.95 bits per heavy atom. The van der Waals surface area contributed by atoms with Gasteiger partial charge in [0.05, 0.1) is 4.90 Å². The first-order chi connectivity index (χ1) is 8.90. The number of sulfonamides is 1. The van der Waals surface area contributed by atoms with E-state index < -0.39 is 10.0 Å². The molecule has 19 heavy (non-hydrogen) atoms. The van der Waals surface area contributed by atoms with Crippen molar-refractivity contribution in [1.29, 1.82) is 0 Å². The zero-order valence-electron chi connectivity index (χ0n) is 11.3. The molecule has 0 bridgehead atoms. The van der Waals surface area contributed by atoms with Gasteiger partial charge in [-0.1, -0.05) is 19.8 Å². The van der Waals surface area contributed by atoms with Crippen LogP contribution in [-0.4, -0.2) is 14.5 Å². The smallest absolute Gasteiger partial charge is 0.208 e. The van der Waals surface area contributed by atoms with Gasteiger partial charge in [0.1, 0.15) is 5.82 Å². The Balaban J connectivity index is 2.19. The van der Waals surface area contributed by atoms with Crippen molar-refractivity contribution in [2.75, 3.05) is 0 Å². The molecule has 0 amide bonds. The van der Waals surface area contributed by atoms with Crippen molar-refractivity contribution in [3.8, 4) is 0 Å². The number of benzene rings is 1. The molecule has 0 unspecified atom stereocenters. The fourth-order valence-electron chi connectivity index (χ4n) is 2.54. The summed E-state index contributed by atoms with van der Waals surface area (Å²) < 4.78 is 40.5. The van der Waals surface area contributed by atoms with Gasteiger partial charge in [-0.15, -0.1) is 0 Å². The average molecular weight is 285 g/mol. The summed E-state index contributed by atoms with van der Waals surface area (Å²) in [5, 5.41) is 0. The fourth-order valence-corrected chi connectivity index (χ4v) is 4.01. The second-order valence-corrected chi connectivity index (χ2v) is 7.11. The molecule has 2 atom stereocenters. The van der Waals surface area contributed by atoms with Crippen LogP contribution < -0.4 is 4.72 Å². The minimum Gasteiger partial charge on any atom is -0.208 e. The lowest BCUT2D eigenvalue weighted by molar-refractivity contribution is 0.310.